The highest BCUT2D eigenvalue weighted by Crippen LogP contribution is 1.89. The number of carbonyl (C=O) groups is 1. The van der Waals surface area contributed by atoms with Crippen molar-refractivity contribution in [2.24, 2.45) is 0 Å². The van der Waals surface area contributed by atoms with Gasteiger partial charge in [0.1, 0.15) is 0 Å². The fourth-order valence-corrected chi connectivity index (χ4v) is 0.593. The zero-order valence-electron chi connectivity index (χ0n) is 8.64. The highest BCUT2D eigenvalue weighted by Gasteiger charge is 1.90. The van der Waals surface area contributed by atoms with E-state index in [0.717, 1.165) is 5.70 Å². The summed E-state index contributed by atoms with van der Waals surface area (Å²) in [5.41, 5.74) is 0.843. The molecular weight excluding hydrogens is 150 g/mol. The van der Waals surface area contributed by atoms with Crippen molar-refractivity contribution in [3.05, 3.63) is 23.9 Å². The summed E-state index contributed by atoms with van der Waals surface area (Å²) >= 11 is 0. The fourth-order valence-electron chi connectivity index (χ4n) is 0.593. The van der Waals surface area contributed by atoms with Gasteiger partial charge in [-0.3, -0.25) is 4.79 Å². The minimum atomic E-state index is -0.0359. The summed E-state index contributed by atoms with van der Waals surface area (Å²) in [4.78, 5) is 10.5. The van der Waals surface area contributed by atoms with Gasteiger partial charge >= 0.3 is 0 Å². The van der Waals surface area contributed by atoms with Crippen LogP contribution in [0.2, 0.25) is 0 Å². The standard InChI is InChI=1S/C8H13NO.C2H6/c1-4-6-8(5-2)9-7(3)10;1-2/h4-6H,1-3H3,(H,9,10);1-2H3/b6-4-,8-5+;. The van der Waals surface area contributed by atoms with Crippen molar-refractivity contribution in [1.29, 1.82) is 0 Å². The van der Waals surface area contributed by atoms with Gasteiger partial charge in [-0.1, -0.05) is 26.0 Å². The third kappa shape index (κ3) is 8.95. The van der Waals surface area contributed by atoms with Crippen LogP contribution in [-0.2, 0) is 4.79 Å². The van der Waals surface area contributed by atoms with Gasteiger partial charge in [0.25, 0.3) is 0 Å². The molecule has 0 fully saturated rings. The molecule has 0 bridgehead atoms. The number of hydrogen-bond acceptors (Lipinski definition) is 1. The predicted octanol–water partition coefficient (Wildman–Crippen LogP) is 2.63. The van der Waals surface area contributed by atoms with E-state index in [1.54, 1.807) is 0 Å². The quantitative estimate of drug-likeness (QED) is 0.632. The maximum Gasteiger partial charge on any atom is 0.221 e. The normalized spacial score (nSPS) is 10.6. The molecule has 0 aromatic heterocycles. The summed E-state index contributed by atoms with van der Waals surface area (Å²) in [5, 5.41) is 2.67. The lowest BCUT2D eigenvalue weighted by Gasteiger charge is -1.99. The van der Waals surface area contributed by atoms with Gasteiger partial charge in [0.2, 0.25) is 5.91 Å². The Hall–Kier alpha value is -1.05. The van der Waals surface area contributed by atoms with E-state index >= 15 is 0 Å². The highest BCUT2D eigenvalue weighted by atomic mass is 16.1. The largest absolute Gasteiger partial charge is 0.327 e. The first-order chi connectivity index (χ1) is 5.70. The van der Waals surface area contributed by atoms with Crippen LogP contribution in [0.4, 0.5) is 0 Å². The van der Waals surface area contributed by atoms with Crippen molar-refractivity contribution >= 4 is 5.91 Å². The van der Waals surface area contributed by atoms with Gasteiger partial charge in [-0.15, -0.1) is 0 Å². The van der Waals surface area contributed by atoms with E-state index in [1.807, 2.05) is 45.9 Å². The topological polar surface area (TPSA) is 29.1 Å². The van der Waals surface area contributed by atoms with E-state index in [-0.39, 0.29) is 5.91 Å². The second-order valence-electron chi connectivity index (χ2n) is 1.93. The summed E-state index contributed by atoms with van der Waals surface area (Å²) < 4.78 is 0. The Kier molecular flexibility index (Phi) is 11.2. The van der Waals surface area contributed by atoms with Gasteiger partial charge < -0.3 is 5.32 Å². The molecule has 0 aliphatic carbocycles. The summed E-state index contributed by atoms with van der Waals surface area (Å²) in [6.07, 6.45) is 5.58. The smallest absolute Gasteiger partial charge is 0.221 e. The summed E-state index contributed by atoms with van der Waals surface area (Å²) in [6.45, 7) is 9.28. The molecule has 2 heteroatoms. The Balaban J connectivity index is 0. The van der Waals surface area contributed by atoms with E-state index in [2.05, 4.69) is 5.32 Å². The number of allylic oxidation sites excluding steroid dienone is 3. The van der Waals surface area contributed by atoms with Gasteiger partial charge in [-0.05, 0) is 19.9 Å². The van der Waals surface area contributed by atoms with Crippen molar-refractivity contribution in [2.75, 3.05) is 0 Å². The SMILES string of the molecule is C/C=C\C(=C/C)NC(C)=O.CC. The molecule has 1 N–H and O–H groups in total. The van der Waals surface area contributed by atoms with Gasteiger partial charge in [0.05, 0.1) is 0 Å². The van der Waals surface area contributed by atoms with Gasteiger partial charge in [-0.25, -0.2) is 0 Å². The van der Waals surface area contributed by atoms with Crippen LogP contribution in [0.3, 0.4) is 0 Å². The monoisotopic (exact) mass is 169 g/mol. The van der Waals surface area contributed by atoms with Crippen LogP contribution in [0, 0.1) is 0 Å². The van der Waals surface area contributed by atoms with E-state index in [0.29, 0.717) is 0 Å². The second-order valence-corrected chi connectivity index (χ2v) is 1.93. The lowest BCUT2D eigenvalue weighted by atomic mass is 10.3. The molecule has 0 aliphatic heterocycles. The van der Waals surface area contributed by atoms with Crippen LogP contribution in [-0.4, -0.2) is 5.91 Å². The summed E-state index contributed by atoms with van der Waals surface area (Å²) in [5.74, 6) is -0.0359. The number of amides is 1. The third-order valence-corrected chi connectivity index (χ3v) is 0.978. The lowest BCUT2D eigenvalue weighted by molar-refractivity contribution is -0.118. The van der Waals surface area contributed by atoms with E-state index < -0.39 is 0 Å². The minimum absolute atomic E-state index is 0.0359. The zero-order valence-corrected chi connectivity index (χ0v) is 8.64. The lowest BCUT2D eigenvalue weighted by Crippen LogP contribution is -2.17. The van der Waals surface area contributed by atoms with Crippen molar-refractivity contribution in [3.8, 4) is 0 Å². The van der Waals surface area contributed by atoms with Crippen LogP contribution in [0.15, 0.2) is 23.9 Å². The van der Waals surface area contributed by atoms with Crippen LogP contribution in [0.1, 0.15) is 34.6 Å². The van der Waals surface area contributed by atoms with Crippen LogP contribution < -0.4 is 5.32 Å². The Morgan fingerprint density at radius 2 is 1.75 bits per heavy atom. The molecule has 0 heterocycles. The van der Waals surface area contributed by atoms with Crippen LogP contribution >= 0.6 is 0 Å². The molecule has 0 unspecified atom stereocenters. The Morgan fingerprint density at radius 3 is 2.00 bits per heavy atom. The van der Waals surface area contributed by atoms with Crippen molar-refractivity contribution in [3.63, 3.8) is 0 Å². The first-order valence-corrected chi connectivity index (χ1v) is 4.27. The first-order valence-electron chi connectivity index (χ1n) is 4.27. The Labute approximate surface area is 75.4 Å². The Bertz CT molecular complexity index is 169. The van der Waals surface area contributed by atoms with Crippen molar-refractivity contribution < 1.29 is 4.79 Å². The van der Waals surface area contributed by atoms with Gasteiger partial charge in [0.15, 0.2) is 0 Å². The molecule has 12 heavy (non-hydrogen) atoms. The summed E-state index contributed by atoms with van der Waals surface area (Å²) in [6, 6.07) is 0. The number of nitrogens with one attached hydrogen (secondary N) is 1. The molecule has 0 aromatic rings. The molecule has 70 valence electrons. The molecule has 2 nitrogen and oxygen atoms in total. The summed E-state index contributed by atoms with van der Waals surface area (Å²) in [7, 11) is 0. The second kappa shape index (κ2) is 9.95. The van der Waals surface area contributed by atoms with Crippen molar-refractivity contribution in [2.45, 2.75) is 34.6 Å². The first kappa shape index (κ1) is 13.5. The van der Waals surface area contributed by atoms with E-state index in [4.69, 9.17) is 0 Å². The fraction of sp³-hybridized carbons (Fsp3) is 0.500. The van der Waals surface area contributed by atoms with Gasteiger partial charge in [-0.2, -0.15) is 0 Å². The molecule has 0 aromatic carbocycles. The Morgan fingerprint density at radius 1 is 1.25 bits per heavy atom. The molecule has 0 saturated heterocycles. The maximum atomic E-state index is 10.5. The molecule has 0 saturated carbocycles. The predicted molar refractivity (Wildman–Crippen MR) is 53.7 cm³/mol. The zero-order chi connectivity index (χ0) is 9.98. The molecule has 0 radical (unpaired) electrons. The minimum Gasteiger partial charge on any atom is -0.327 e. The highest BCUT2D eigenvalue weighted by molar-refractivity contribution is 5.75. The van der Waals surface area contributed by atoms with Crippen LogP contribution in [0.25, 0.3) is 0 Å². The number of carbonyl (C=O) groups excluding carboxylic acids is 1. The molecule has 0 rings (SSSR count). The van der Waals surface area contributed by atoms with Crippen molar-refractivity contribution in [1.82, 2.24) is 5.32 Å². The van der Waals surface area contributed by atoms with Gasteiger partial charge in [0, 0.05) is 12.6 Å². The molecular formula is C10H19NO. The molecule has 0 atom stereocenters. The average Bonchev–Trinajstić information content (AvgIpc) is 2.07. The van der Waals surface area contributed by atoms with Crippen LogP contribution in [0.5, 0.6) is 0 Å². The molecule has 0 spiro atoms. The third-order valence-electron chi connectivity index (χ3n) is 0.978. The molecule has 1 amide bonds. The maximum absolute atomic E-state index is 10.5. The number of hydrogen-bond donors (Lipinski definition) is 1. The van der Waals surface area contributed by atoms with E-state index in [1.165, 1.54) is 6.92 Å². The average molecular weight is 169 g/mol. The number of rotatable bonds is 2. The molecule has 0 aliphatic rings. The van der Waals surface area contributed by atoms with E-state index in [9.17, 15) is 4.79 Å².